The Morgan fingerprint density at radius 1 is 0.929 bits per heavy atom. The number of carbonyl (C=O) groups is 2. The summed E-state index contributed by atoms with van der Waals surface area (Å²) >= 11 is 0. The minimum absolute atomic E-state index is 0.0432. The minimum atomic E-state index is -0.530. The molecule has 0 spiro atoms. The Balaban J connectivity index is 2.19. The van der Waals surface area contributed by atoms with Crippen LogP contribution in [-0.4, -0.2) is 29.3 Å². The predicted molar refractivity (Wildman–Crippen MR) is 114 cm³/mol. The smallest absolute Gasteiger partial charge is 0.242 e. The lowest BCUT2D eigenvalue weighted by atomic mass is 10.1. The van der Waals surface area contributed by atoms with Gasteiger partial charge in [0.1, 0.15) is 6.04 Å². The molecule has 28 heavy (non-hydrogen) atoms. The van der Waals surface area contributed by atoms with E-state index >= 15 is 0 Å². The molecule has 0 fully saturated rings. The first-order valence-electron chi connectivity index (χ1n) is 9.94. The fraction of sp³-hybridized carbons (Fsp3) is 0.417. The summed E-state index contributed by atoms with van der Waals surface area (Å²) in [7, 11) is 0. The molecule has 1 atom stereocenters. The van der Waals surface area contributed by atoms with Crippen molar-refractivity contribution < 1.29 is 9.59 Å². The topological polar surface area (TPSA) is 49.4 Å². The van der Waals surface area contributed by atoms with Gasteiger partial charge >= 0.3 is 0 Å². The molecular formula is C24H32N2O2. The molecule has 0 radical (unpaired) electrons. The third kappa shape index (κ3) is 6.52. The van der Waals surface area contributed by atoms with E-state index in [1.54, 1.807) is 11.8 Å². The highest BCUT2D eigenvalue weighted by atomic mass is 16.2. The van der Waals surface area contributed by atoms with E-state index in [0.29, 0.717) is 19.0 Å². The zero-order valence-electron chi connectivity index (χ0n) is 17.7. The van der Waals surface area contributed by atoms with Crippen molar-refractivity contribution in [2.24, 2.45) is 5.92 Å². The lowest BCUT2D eigenvalue weighted by Crippen LogP contribution is -2.48. The standard InChI is InChI=1S/C24H32N2O2/c1-17(2)15-25-24(28)20(5)26(16-21-11-9-18(3)10-12-21)23(27)14-22-8-6-7-19(4)13-22/h6-13,17,20H,14-16H2,1-5H3,(H,25,28)/t20-/m0/s1. The molecule has 0 aliphatic rings. The van der Waals surface area contributed by atoms with Crippen LogP contribution in [0.15, 0.2) is 48.5 Å². The maximum Gasteiger partial charge on any atom is 0.242 e. The summed E-state index contributed by atoms with van der Waals surface area (Å²) in [5, 5.41) is 2.95. The maximum absolute atomic E-state index is 13.1. The van der Waals surface area contributed by atoms with Crippen molar-refractivity contribution in [1.29, 1.82) is 0 Å². The lowest BCUT2D eigenvalue weighted by Gasteiger charge is -2.29. The van der Waals surface area contributed by atoms with Crippen LogP contribution in [0.1, 0.15) is 43.0 Å². The van der Waals surface area contributed by atoms with Gasteiger partial charge in [0.05, 0.1) is 6.42 Å². The molecule has 0 unspecified atom stereocenters. The number of nitrogens with zero attached hydrogens (tertiary/aromatic N) is 1. The molecule has 0 saturated heterocycles. The van der Waals surface area contributed by atoms with Crippen molar-refractivity contribution in [3.05, 3.63) is 70.8 Å². The molecule has 2 aromatic rings. The molecule has 150 valence electrons. The van der Waals surface area contributed by atoms with Crippen LogP contribution < -0.4 is 5.32 Å². The van der Waals surface area contributed by atoms with Gasteiger partial charge in [-0.3, -0.25) is 9.59 Å². The van der Waals surface area contributed by atoms with Crippen LogP contribution in [0, 0.1) is 19.8 Å². The van der Waals surface area contributed by atoms with Gasteiger partial charge in [0, 0.05) is 13.1 Å². The van der Waals surface area contributed by atoms with E-state index in [1.165, 1.54) is 5.56 Å². The molecular weight excluding hydrogens is 348 g/mol. The average Bonchev–Trinajstić information content (AvgIpc) is 2.65. The van der Waals surface area contributed by atoms with Gasteiger partial charge in [-0.2, -0.15) is 0 Å². The van der Waals surface area contributed by atoms with Crippen LogP contribution in [0.2, 0.25) is 0 Å². The molecule has 4 nitrogen and oxygen atoms in total. The largest absolute Gasteiger partial charge is 0.354 e. The van der Waals surface area contributed by atoms with E-state index in [4.69, 9.17) is 0 Å². The highest BCUT2D eigenvalue weighted by Crippen LogP contribution is 2.14. The zero-order valence-corrected chi connectivity index (χ0v) is 17.7. The summed E-state index contributed by atoms with van der Waals surface area (Å²) in [5.74, 6) is 0.210. The number of aryl methyl sites for hydroxylation is 2. The number of carbonyl (C=O) groups excluding carboxylic acids is 2. The van der Waals surface area contributed by atoms with E-state index in [9.17, 15) is 9.59 Å². The fourth-order valence-electron chi connectivity index (χ4n) is 3.02. The number of hydrogen-bond donors (Lipinski definition) is 1. The van der Waals surface area contributed by atoms with Crippen molar-refractivity contribution in [2.45, 2.75) is 53.6 Å². The summed E-state index contributed by atoms with van der Waals surface area (Å²) in [6, 6.07) is 15.5. The molecule has 0 heterocycles. The SMILES string of the molecule is Cc1ccc(CN(C(=O)Cc2cccc(C)c2)[C@@H](C)C(=O)NCC(C)C)cc1. The molecule has 0 bridgehead atoms. The van der Waals surface area contributed by atoms with E-state index < -0.39 is 6.04 Å². The third-order valence-electron chi connectivity index (χ3n) is 4.76. The maximum atomic E-state index is 13.1. The van der Waals surface area contributed by atoms with Crippen molar-refractivity contribution in [2.75, 3.05) is 6.54 Å². The van der Waals surface area contributed by atoms with Gasteiger partial charge in [0.2, 0.25) is 11.8 Å². The Bertz CT molecular complexity index is 797. The molecule has 0 aromatic heterocycles. The number of amides is 2. The second-order valence-corrected chi connectivity index (χ2v) is 7.99. The number of rotatable bonds is 8. The summed E-state index contributed by atoms with van der Waals surface area (Å²) in [4.78, 5) is 27.4. The molecule has 1 N–H and O–H groups in total. The van der Waals surface area contributed by atoms with Gasteiger partial charge in [-0.1, -0.05) is 73.5 Å². The first-order chi connectivity index (χ1) is 13.3. The first kappa shape index (κ1) is 21.7. The van der Waals surface area contributed by atoms with Crippen molar-refractivity contribution in [3.63, 3.8) is 0 Å². The average molecular weight is 381 g/mol. The third-order valence-corrected chi connectivity index (χ3v) is 4.76. The van der Waals surface area contributed by atoms with Gasteiger partial charge in [-0.05, 0) is 37.8 Å². The monoisotopic (exact) mass is 380 g/mol. The van der Waals surface area contributed by atoms with Gasteiger partial charge in [0.25, 0.3) is 0 Å². The zero-order chi connectivity index (χ0) is 20.7. The fourth-order valence-corrected chi connectivity index (χ4v) is 3.02. The van der Waals surface area contributed by atoms with Crippen molar-refractivity contribution in [3.8, 4) is 0 Å². The Morgan fingerprint density at radius 3 is 2.21 bits per heavy atom. The molecule has 4 heteroatoms. The van der Waals surface area contributed by atoms with Gasteiger partial charge in [-0.25, -0.2) is 0 Å². The van der Waals surface area contributed by atoms with Crippen LogP contribution in [0.25, 0.3) is 0 Å². The Kier molecular flexibility index (Phi) is 7.80. The van der Waals surface area contributed by atoms with Crippen LogP contribution in [-0.2, 0) is 22.6 Å². The van der Waals surface area contributed by atoms with Crippen LogP contribution in [0.4, 0.5) is 0 Å². The number of benzene rings is 2. The quantitative estimate of drug-likeness (QED) is 0.751. The van der Waals surface area contributed by atoms with Gasteiger partial charge in [-0.15, -0.1) is 0 Å². The highest BCUT2D eigenvalue weighted by molar-refractivity contribution is 5.88. The summed E-state index contributed by atoms with van der Waals surface area (Å²) in [6.07, 6.45) is 0.287. The first-order valence-corrected chi connectivity index (χ1v) is 9.94. The minimum Gasteiger partial charge on any atom is -0.354 e. The molecule has 2 amide bonds. The number of hydrogen-bond acceptors (Lipinski definition) is 2. The second-order valence-electron chi connectivity index (χ2n) is 7.99. The van der Waals surface area contributed by atoms with Crippen molar-refractivity contribution >= 4 is 11.8 Å². The van der Waals surface area contributed by atoms with E-state index in [2.05, 4.69) is 19.2 Å². The van der Waals surface area contributed by atoms with E-state index in [1.807, 2.05) is 62.4 Å². The van der Waals surface area contributed by atoms with Crippen LogP contribution in [0.3, 0.4) is 0 Å². The van der Waals surface area contributed by atoms with Crippen LogP contribution in [0.5, 0.6) is 0 Å². The van der Waals surface area contributed by atoms with Crippen molar-refractivity contribution in [1.82, 2.24) is 10.2 Å². The Hall–Kier alpha value is -2.62. The van der Waals surface area contributed by atoms with Crippen LogP contribution >= 0.6 is 0 Å². The summed E-state index contributed by atoms with van der Waals surface area (Å²) in [5.41, 5.74) is 4.28. The Labute approximate surface area is 169 Å². The lowest BCUT2D eigenvalue weighted by molar-refractivity contribution is -0.140. The van der Waals surface area contributed by atoms with E-state index in [0.717, 1.165) is 16.7 Å². The molecule has 0 aliphatic carbocycles. The molecule has 0 saturated carbocycles. The van der Waals surface area contributed by atoms with Gasteiger partial charge < -0.3 is 10.2 Å². The predicted octanol–water partition coefficient (Wildman–Crippen LogP) is 4.04. The summed E-state index contributed by atoms with van der Waals surface area (Å²) < 4.78 is 0. The normalized spacial score (nSPS) is 11.9. The molecule has 2 aromatic carbocycles. The van der Waals surface area contributed by atoms with E-state index in [-0.39, 0.29) is 18.2 Å². The Morgan fingerprint density at radius 2 is 1.61 bits per heavy atom. The number of nitrogens with one attached hydrogen (secondary N) is 1. The molecule has 2 rings (SSSR count). The van der Waals surface area contributed by atoms with Gasteiger partial charge in [0.15, 0.2) is 0 Å². The highest BCUT2D eigenvalue weighted by Gasteiger charge is 2.26. The summed E-state index contributed by atoms with van der Waals surface area (Å²) in [6.45, 7) is 11.0. The molecule has 0 aliphatic heterocycles. The second kappa shape index (κ2) is 10.1.